The molecule has 1 rings (SSSR count). The monoisotopic (exact) mass is 205 g/mol. The molecular weight excluding hydrogens is 194 g/mol. The number of anilines is 1. The van der Waals surface area contributed by atoms with Crippen LogP contribution in [0.4, 0.5) is 5.13 Å². The van der Waals surface area contributed by atoms with Crippen LogP contribution in [0.3, 0.4) is 0 Å². The van der Waals surface area contributed by atoms with E-state index in [1.54, 1.807) is 6.26 Å². The van der Waals surface area contributed by atoms with Crippen molar-refractivity contribution in [1.29, 1.82) is 0 Å². The number of hydrogen-bond donors (Lipinski definition) is 1. The van der Waals surface area contributed by atoms with Gasteiger partial charge in [0.2, 0.25) is 5.13 Å². The third-order valence-electron chi connectivity index (χ3n) is 1.25. The molecule has 0 bridgehead atoms. The molecule has 0 saturated carbocycles. The minimum atomic E-state index is -0.686. The highest BCUT2D eigenvalue weighted by Crippen LogP contribution is 2.05. The molecule has 1 aromatic rings. The van der Waals surface area contributed by atoms with Gasteiger partial charge in [0.15, 0.2) is 0 Å². The van der Waals surface area contributed by atoms with Gasteiger partial charge in [0, 0.05) is 40.9 Å². The Morgan fingerprint density at radius 3 is 3.17 bits per heavy atom. The molecular formula is C6H11N3OS2. The van der Waals surface area contributed by atoms with Crippen LogP contribution in [0.15, 0.2) is 6.33 Å². The molecule has 0 aliphatic rings. The first kappa shape index (κ1) is 9.60. The van der Waals surface area contributed by atoms with Crippen molar-refractivity contribution in [3.63, 3.8) is 0 Å². The standard InChI is InChI=1S/C6H11N3OS2/c1-12(10)4-2-3-7-6-8-5-9-11-6/h5H,2-4H2,1H3,(H,7,8,9). The van der Waals surface area contributed by atoms with Crippen LogP contribution in [0.25, 0.3) is 0 Å². The first-order valence-electron chi connectivity index (χ1n) is 3.59. The Bertz CT molecular complexity index is 237. The first-order valence-corrected chi connectivity index (χ1v) is 6.09. The van der Waals surface area contributed by atoms with E-state index >= 15 is 0 Å². The van der Waals surface area contributed by atoms with Crippen LogP contribution in [0, 0.1) is 0 Å². The van der Waals surface area contributed by atoms with E-state index < -0.39 is 10.8 Å². The normalized spacial score (nSPS) is 12.8. The minimum Gasteiger partial charge on any atom is -0.360 e. The molecule has 12 heavy (non-hydrogen) atoms. The second-order valence-corrected chi connectivity index (χ2v) is 4.64. The molecule has 0 spiro atoms. The summed E-state index contributed by atoms with van der Waals surface area (Å²) in [6.45, 7) is 0.814. The van der Waals surface area contributed by atoms with Gasteiger partial charge in [0.1, 0.15) is 6.33 Å². The predicted octanol–water partition coefficient (Wildman–Crippen LogP) is 0.719. The second-order valence-electron chi connectivity index (χ2n) is 2.30. The van der Waals surface area contributed by atoms with Crippen LogP contribution in [-0.2, 0) is 10.8 Å². The summed E-state index contributed by atoms with van der Waals surface area (Å²) in [5, 5.41) is 3.92. The van der Waals surface area contributed by atoms with Gasteiger partial charge < -0.3 is 5.32 Å². The first-order chi connectivity index (χ1) is 5.79. The van der Waals surface area contributed by atoms with Gasteiger partial charge in [0.05, 0.1) is 0 Å². The van der Waals surface area contributed by atoms with Crippen LogP contribution in [-0.4, -0.2) is 32.1 Å². The molecule has 0 amide bonds. The summed E-state index contributed by atoms with van der Waals surface area (Å²) in [6, 6.07) is 0. The Morgan fingerprint density at radius 1 is 1.75 bits per heavy atom. The van der Waals surface area contributed by atoms with Crippen molar-refractivity contribution >= 4 is 27.5 Å². The molecule has 68 valence electrons. The van der Waals surface area contributed by atoms with E-state index in [0.29, 0.717) is 0 Å². The summed E-state index contributed by atoms with van der Waals surface area (Å²) < 4.78 is 14.5. The maximum atomic E-state index is 10.7. The maximum absolute atomic E-state index is 10.7. The lowest BCUT2D eigenvalue weighted by atomic mass is 10.5. The summed E-state index contributed by atoms with van der Waals surface area (Å²) in [7, 11) is -0.686. The van der Waals surface area contributed by atoms with Gasteiger partial charge >= 0.3 is 0 Å². The third kappa shape index (κ3) is 3.77. The molecule has 1 N–H and O–H groups in total. The zero-order valence-corrected chi connectivity index (χ0v) is 8.45. The molecule has 0 fully saturated rings. The zero-order chi connectivity index (χ0) is 8.81. The number of hydrogen-bond acceptors (Lipinski definition) is 5. The predicted molar refractivity (Wildman–Crippen MR) is 51.9 cm³/mol. The lowest BCUT2D eigenvalue weighted by Gasteiger charge is -1.99. The Kier molecular flexibility index (Phi) is 4.16. The molecule has 1 aromatic heterocycles. The quantitative estimate of drug-likeness (QED) is 0.720. The summed E-state index contributed by atoms with van der Waals surface area (Å²) in [6.07, 6.45) is 4.14. The van der Waals surface area contributed by atoms with Crippen molar-refractivity contribution in [2.75, 3.05) is 23.9 Å². The fraction of sp³-hybridized carbons (Fsp3) is 0.667. The van der Waals surface area contributed by atoms with Crippen LogP contribution in [0.2, 0.25) is 0 Å². The van der Waals surface area contributed by atoms with Gasteiger partial charge in [-0.1, -0.05) is 0 Å². The Balaban J connectivity index is 2.07. The minimum absolute atomic E-state index is 0.686. The maximum Gasteiger partial charge on any atom is 0.202 e. The number of nitrogens with one attached hydrogen (secondary N) is 1. The van der Waals surface area contributed by atoms with E-state index in [1.807, 2.05) is 0 Å². The van der Waals surface area contributed by atoms with Crippen molar-refractivity contribution in [3.05, 3.63) is 6.33 Å². The highest BCUT2D eigenvalue weighted by molar-refractivity contribution is 7.84. The number of aromatic nitrogens is 2. The average Bonchev–Trinajstić information content (AvgIpc) is 2.49. The van der Waals surface area contributed by atoms with Crippen molar-refractivity contribution in [1.82, 2.24) is 9.36 Å². The molecule has 0 saturated heterocycles. The lowest BCUT2D eigenvalue weighted by Crippen LogP contribution is -2.05. The molecule has 1 unspecified atom stereocenters. The van der Waals surface area contributed by atoms with Crippen LogP contribution in [0.5, 0.6) is 0 Å². The highest BCUT2D eigenvalue weighted by atomic mass is 32.2. The lowest BCUT2D eigenvalue weighted by molar-refractivity contribution is 0.685. The van der Waals surface area contributed by atoms with Gasteiger partial charge in [0.25, 0.3) is 0 Å². The molecule has 0 radical (unpaired) electrons. The van der Waals surface area contributed by atoms with E-state index in [4.69, 9.17) is 0 Å². The third-order valence-corrected chi connectivity index (χ3v) is 2.73. The molecule has 0 aliphatic carbocycles. The van der Waals surface area contributed by atoms with E-state index in [9.17, 15) is 4.21 Å². The van der Waals surface area contributed by atoms with Gasteiger partial charge in [-0.15, -0.1) is 0 Å². The molecule has 6 heteroatoms. The summed E-state index contributed by atoms with van der Waals surface area (Å²) >= 11 is 1.33. The van der Waals surface area contributed by atoms with E-state index in [2.05, 4.69) is 14.7 Å². The average molecular weight is 205 g/mol. The van der Waals surface area contributed by atoms with Gasteiger partial charge in [-0.2, -0.15) is 4.37 Å². The van der Waals surface area contributed by atoms with Gasteiger partial charge in [-0.05, 0) is 6.42 Å². The summed E-state index contributed by atoms with van der Waals surface area (Å²) in [4.78, 5) is 3.95. The van der Waals surface area contributed by atoms with Crippen LogP contribution >= 0.6 is 11.5 Å². The van der Waals surface area contributed by atoms with E-state index in [1.165, 1.54) is 17.9 Å². The van der Waals surface area contributed by atoms with E-state index in [0.717, 1.165) is 23.8 Å². The summed E-state index contributed by atoms with van der Waals surface area (Å²) in [5.74, 6) is 0.742. The fourth-order valence-corrected chi connectivity index (χ4v) is 1.73. The second kappa shape index (κ2) is 5.21. The van der Waals surface area contributed by atoms with Gasteiger partial charge in [-0.3, -0.25) is 4.21 Å². The Hall–Kier alpha value is -0.490. The molecule has 1 atom stereocenters. The summed E-state index contributed by atoms with van der Waals surface area (Å²) in [5.41, 5.74) is 0. The Morgan fingerprint density at radius 2 is 2.58 bits per heavy atom. The van der Waals surface area contributed by atoms with Crippen LogP contribution in [0.1, 0.15) is 6.42 Å². The molecule has 4 nitrogen and oxygen atoms in total. The van der Waals surface area contributed by atoms with Crippen molar-refractivity contribution in [2.45, 2.75) is 6.42 Å². The molecule has 0 aromatic carbocycles. The highest BCUT2D eigenvalue weighted by Gasteiger charge is 1.94. The zero-order valence-electron chi connectivity index (χ0n) is 6.82. The topological polar surface area (TPSA) is 54.9 Å². The van der Waals surface area contributed by atoms with Crippen molar-refractivity contribution in [3.8, 4) is 0 Å². The van der Waals surface area contributed by atoms with Crippen LogP contribution < -0.4 is 5.32 Å². The van der Waals surface area contributed by atoms with Crippen molar-refractivity contribution in [2.24, 2.45) is 0 Å². The largest absolute Gasteiger partial charge is 0.360 e. The fourth-order valence-electron chi connectivity index (χ4n) is 0.722. The van der Waals surface area contributed by atoms with Gasteiger partial charge in [-0.25, -0.2) is 4.98 Å². The van der Waals surface area contributed by atoms with Crippen molar-refractivity contribution < 1.29 is 4.21 Å². The smallest absolute Gasteiger partial charge is 0.202 e. The number of nitrogens with zero attached hydrogens (tertiary/aromatic N) is 2. The molecule has 1 heterocycles. The Labute approximate surface area is 78.0 Å². The van der Waals surface area contributed by atoms with E-state index in [-0.39, 0.29) is 0 Å². The SMILES string of the molecule is CS(=O)CCCNc1ncns1. The molecule has 0 aliphatic heterocycles. The number of rotatable bonds is 5.